The molecule has 124 valence electrons. The Balaban J connectivity index is 2.25. The van der Waals surface area contributed by atoms with Crippen LogP contribution in [0.15, 0.2) is 29.2 Å². The van der Waals surface area contributed by atoms with Gasteiger partial charge in [-0.15, -0.1) is 0 Å². The molecule has 2 rings (SSSR count). The van der Waals surface area contributed by atoms with Crippen LogP contribution >= 0.6 is 0 Å². The highest BCUT2D eigenvalue weighted by atomic mass is 32.2. The van der Waals surface area contributed by atoms with E-state index in [-0.39, 0.29) is 12.6 Å². The number of aliphatic hydroxyl groups is 1. The zero-order valence-corrected chi connectivity index (χ0v) is 14.1. The third kappa shape index (κ3) is 3.68. The number of benzene rings is 1. The van der Waals surface area contributed by atoms with Crippen LogP contribution in [0.5, 0.6) is 0 Å². The van der Waals surface area contributed by atoms with Gasteiger partial charge in [0.25, 0.3) is 0 Å². The molecule has 1 saturated heterocycles. The fourth-order valence-corrected chi connectivity index (χ4v) is 4.82. The second-order valence-electron chi connectivity index (χ2n) is 5.79. The maximum atomic E-state index is 13.0. The van der Waals surface area contributed by atoms with Crippen molar-refractivity contribution >= 4 is 10.0 Å². The molecule has 1 aromatic carbocycles. The standard InChI is InChI=1S/C16H25NO4S/c1-13-6-9-15(10-7-13)22(19,20)17-14(5-3-4-12-18)8-11-16(17)21-2/h6-7,9-10,14,16,18H,3-5,8,11-12H2,1-2H3/t14-,16-/m1/s1. The molecule has 0 saturated carbocycles. The predicted octanol–water partition coefficient (Wildman–Crippen LogP) is 2.28. The van der Waals surface area contributed by atoms with Crippen molar-refractivity contribution in [2.45, 2.75) is 56.2 Å². The molecule has 0 aliphatic carbocycles. The molecule has 1 fully saturated rings. The molecule has 1 aliphatic heterocycles. The highest BCUT2D eigenvalue weighted by Gasteiger charge is 2.42. The molecule has 5 nitrogen and oxygen atoms in total. The van der Waals surface area contributed by atoms with Crippen LogP contribution in [-0.4, -0.2) is 43.8 Å². The Hall–Kier alpha value is -0.950. The van der Waals surface area contributed by atoms with E-state index in [9.17, 15) is 8.42 Å². The maximum Gasteiger partial charge on any atom is 0.245 e. The zero-order chi connectivity index (χ0) is 16.2. The summed E-state index contributed by atoms with van der Waals surface area (Å²) in [6.45, 7) is 2.08. The van der Waals surface area contributed by atoms with Crippen LogP contribution in [0.25, 0.3) is 0 Å². The van der Waals surface area contributed by atoms with Gasteiger partial charge in [0.1, 0.15) is 6.23 Å². The van der Waals surface area contributed by atoms with Gasteiger partial charge >= 0.3 is 0 Å². The summed E-state index contributed by atoms with van der Waals surface area (Å²) in [5.41, 5.74) is 1.03. The number of aliphatic hydroxyl groups excluding tert-OH is 1. The van der Waals surface area contributed by atoms with Gasteiger partial charge in [-0.2, -0.15) is 4.31 Å². The van der Waals surface area contributed by atoms with Crippen LogP contribution in [0, 0.1) is 6.92 Å². The van der Waals surface area contributed by atoms with Crippen LogP contribution < -0.4 is 0 Å². The minimum Gasteiger partial charge on any atom is -0.396 e. The van der Waals surface area contributed by atoms with Gasteiger partial charge < -0.3 is 9.84 Å². The maximum absolute atomic E-state index is 13.0. The molecule has 1 N–H and O–H groups in total. The summed E-state index contributed by atoms with van der Waals surface area (Å²) in [5.74, 6) is 0. The first-order chi connectivity index (χ1) is 10.5. The summed E-state index contributed by atoms with van der Waals surface area (Å²) in [6.07, 6.45) is 3.39. The first-order valence-corrected chi connectivity index (χ1v) is 9.18. The quantitative estimate of drug-likeness (QED) is 0.780. The highest BCUT2D eigenvalue weighted by molar-refractivity contribution is 7.89. The molecule has 0 unspecified atom stereocenters. The van der Waals surface area contributed by atoms with E-state index in [4.69, 9.17) is 9.84 Å². The molecule has 0 aromatic heterocycles. The predicted molar refractivity (Wildman–Crippen MR) is 85.0 cm³/mol. The average Bonchev–Trinajstić information content (AvgIpc) is 2.92. The van der Waals surface area contributed by atoms with Crippen molar-refractivity contribution in [2.24, 2.45) is 0 Å². The molecule has 1 aromatic rings. The van der Waals surface area contributed by atoms with E-state index in [1.807, 2.05) is 19.1 Å². The molecule has 0 amide bonds. The number of aryl methyl sites for hydroxylation is 1. The Morgan fingerprint density at radius 1 is 1.23 bits per heavy atom. The number of unbranched alkanes of at least 4 members (excludes halogenated alkanes) is 1. The van der Waals surface area contributed by atoms with Crippen molar-refractivity contribution < 1.29 is 18.3 Å². The summed E-state index contributed by atoms with van der Waals surface area (Å²) >= 11 is 0. The smallest absolute Gasteiger partial charge is 0.245 e. The normalized spacial score (nSPS) is 23.0. The minimum atomic E-state index is -3.56. The topological polar surface area (TPSA) is 66.8 Å². The largest absolute Gasteiger partial charge is 0.396 e. The Morgan fingerprint density at radius 2 is 1.91 bits per heavy atom. The zero-order valence-electron chi connectivity index (χ0n) is 13.2. The van der Waals surface area contributed by atoms with Crippen LogP contribution in [0.2, 0.25) is 0 Å². The minimum absolute atomic E-state index is 0.0530. The lowest BCUT2D eigenvalue weighted by Gasteiger charge is -2.28. The number of rotatable bonds is 7. The van der Waals surface area contributed by atoms with E-state index in [0.717, 1.165) is 24.8 Å². The van der Waals surface area contributed by atoms with E-state index in [0.29, 0.717) is 17.7 Å². The Labute approximate surface area is 133 Å². The van der Waals surface area contributed by atoms with E-state index in [1.54, 1.807) is 19.2 Å². The lowest BCUT2D eigenvalue weighted by Crippen LogP contribution is -2.42. The molecule has 0 spiro atoms. The number of hydrogen-bond donors (Lipinski definition) is 1. The van der Waals surface area contributed by atoms with E-state index < -0.39 is 16.3 Å². The summed E-state index contributed by atoms with van der Waals surface area (Å²) < 4.78 is 32.8. The summed E-state index contributed by atoms with van der Waals surface area (Å²) in [5, 5.41) is 8.91. The lowest BCUT2D eigenvalue weighted by atomic mass is 10.1. The Kier molecular flexibility index (Phi) is 5.97. The van der Waals surface area contributed by atoms with Gasteiger partial charge in [-0.25, -0.2) is 8.42 Å². The second-order valence-corrected chi connectivity index (χ2v) is 7.63. The second kappa shape index (κ2) is 7.55. The number of ether oxygens (including phenoxy) is 1. The SMILES string of the molecule is CO[C@@H]1CC[C@@H](CCCCO)N1S(=O)(=O)c1ccc(C)cc1. The molecular formula is C16H25NO4S. The molecular weight excluding hydrogens is 302 g/mol. The van der Waals surface area contributed by atoms with Crippen molar-refractivity contribution in [3.8, 4) is 0 Å². The van der Waals surface area contributed by atoms with Gasteiger partial charge in [-0.1, -0.05) is 17.7 Å². The van der Waals surface area contributed by atoms with Crippen molar-refractivity contribution in [3.05, 3.63) is 29.8 Å². The van der Waals surface area contributed by atoms with Gasteiger partial charge in [0.15, 0.2) is 0 Å². The molecule has 1 heterocycles. The molecule has 1 aliphatic rings. The van der Waals surface area contributed by atoms with Gasteiger partial charge in [0, 0.05) is 19.8 Å². The third-order valence-electron chi connectivity index (χ3n) is 4.20. The molecule has 6 heteroatoms. The van der Waals surface area contributed by atoms with Crippen LogP contribution in [0.3, 0.4) is 0 Å². The molecule has 22 heavy (non-hydrogen) atoms. The molecule has 0 radical (unpaired) electrons. The van der Waals surface area contributed by atoms with Crippen molar-refractivity contribution in [2.75, 3.05) is 13.7 Å². The van der Waals surface area contributed by atoms with Gasteiger partial charge in [-0.3, -0.25) is 0 Å². The molecule has 0 bridgehead atoms. The third-order valence-corrected chi connectivity index (χ3v) is 6.16. The number of methoxy groups -OCH3 is 1. The van der Waals surface area contributed by atoms with Crippen molar-refractivity contribution in [3.63, 3.8) is 0 Å². The van der Waals surface area contributed by atoms with Gasteiger partial charge in [0.05, 0.1) is 4.90 Å². The first-order valence-electron chi connectivity index (χ1n) is 7.74. The summed E-state index contributed by atoms with van der Waals surface area (Å²) in [6, 6.07) is 6.88. The summed E-state index contributed by atoms with van der Waals surface area (Å²) in [4.78, 5) is 0.314. The van der Waals surface area contributed by atoms with Gasteiger partial charge in [-0.05, 0) is 51.2 Å². The monoisotopic (exact) mass is 327 g/mol. The van der Waals surface area contributed by atoms with Crippen LogP contribution in [0.1, 0.15) is 37.7 Å². The molecule has 2 atom stereocenters. The van der Waals surface area contributed by atoms with Crippen LogP contribution in [0.4, 0.5) is 0 Å². The average molecular weight is 327 g/mol. The number of hydrogen-bond acceptors (Lipinski definition) is 4. The van der Waals surface area contributed by atoms with Crippen molar-refractivity contribution in [1.82, 2.24) is 4.31 Å². The van der Waals surface area contributed by atoms with E-state index in [2.05, 4.69) is 0 Å². The van der Waals surface area contributed by atoms with Gasteiger partial charge in [0.2, 0.25) is 10.0 Å². The Morgan fingerprint density at radius 3 is 2.50 bits per heavy atom. The highest BCUT2D eigenvalue weighted by Crippen LogP contribution is 2.33. The first kappa shape index (κ1) is 17.4. The van der Waals surface area contributed by atoms with Crippen molar-refractivity contribution in [1.29, 1.82) is 0 Å². The number of sulfonamides is 1. The fourth-order valence-electron chi connectivity index (χ4n) is 2.99. The van der Waals surface area contributed by atoms with E-state index in [1.165, 1.54) is 4.31 Å². The summed E-state index contributed by atoms with van der Waals surface area (Å²) in [7, 11) is -2.00. The Bertz CT molecular complexity index is 570. The van der Waals surface area contributed by atoms with Crippen LogP contribution in [-0.2, 0) is 14.8 Å². The number of nitrogens with zero attached hydrogens (tertiary/aromatic N) is 1. The fraction of sp³-hybridized carbons (Fsp3) is 0.625. The van der Waals surface area contributed by atoms with E-state index >= 15 is 0 Å². The lowest BCUT2D eigenvalue weighted by molar-refractivity contribution is 0.0287.